The summed E-state index contributed by atoms with van der Waals surface area (Å²) in [4.78, 5) is 15.0. The number of ether oxygens (including phenoxy) is 1. The Balaban J connectivity index is 1.46. The molecule has 1 N–H and O–H groups in total. The van der Waals surface area contributed by atoms with E-state index in [-0.39, 0.29) is 11.9 Å². The summed E-state index contributed by atoms with van der Waals surface area (Å²) in [5.74, 6) is 0.770. The van der Waals surface area contributed by atoms with Gasteiger partial charge >= 0.3 is 0 Å². The van der Waals surface area contributed by atoms with Crippen LogP contribution in [0, 0.1) is 0 Å². The summed E-state index contributed by atoms with van der Waals surface area (Å²) in [6, 6.07) is 18.3. The molecule has 0 atom stereocenters. The van der Waals surface area contributed by atoms with E-state index in [0.29, 0.717) is 12.2 Å². The van der Waals surface area contributed by atoms with Gasteiger partial charge in [0, 0.05) is 31.2 Å². The molecule has 1 heterocycles. The van der Waals surface area contributed by atoms with Gasteiger partial charge in [-0.2, -0.15) is 0 Å². The first-order valence-corrected chi connectivity index (χ1v) is 10.0. The predicted molar refractivity (Wildman–Crippen MR) is 109 cm³/mol. The van der Waals surface area contributed by atoms with Crippen LogP contribution >= 0.6 is 0 Å². The fourth-order valence-electron chi connectivity index (χ4n) is 3.41. The van der Waals surface area contributed by atoms with Crippen molar-refractivity contribution in [2.24, 2.45) is 0 Å². The van der Waals surface area contributed by atoms with Crippen molar-refractivity contribution in [3.05, 3.63) is 65.7 Å². The zero-order valence-electron chi connectivity index (χ0n) is 16.2. The molecule has 1 aliphatic rings. The van der Waals surface area contributed by atoms with E-state index in [1.807, 2.05) is 24.3 Å². The van der Waals surface area contributed by atoms with E-state index in [1.54, 1.807) is 0 Å². The van der Waals surface area contributed by atoms with Crippen molar-refractivity contribution in [3.8, 4) is 5.75 Å². The lowest BCUT2D eigenvalue weighted by Gasteiger charge is -2.32. The van der Waals surface area contributed by atoms with Crippen molar-refractivity contribution in [3.63, 3.8) is 0 Å². The van der Waals surface area contributed by atoms with E-state index in [1.165, 1.54) is 5.56 Å². The van der Waals surface area contributed by atoms with Gasteiger partial charge < -0.3 is 10.1 Å². The average molecular weight is 367 g/mol. The summed E-state index contributed by atoms with van der Waals surface area (Å²) in [5, 5.41) is 3.19. The number of rotatable bonds is 8. The molecule has 0 spiro atoms. The van der Waals surface area contributed by atoms with Gasteiger partial charge in [0.1, 0.15) is 5.75 Å². The maximum Gasteiger partial charge on any atom is 0.251 e. The molecule has 3 rings (SSSR count). The summed E-state index contributed by atoms with van der Waals surface area (Å²) in [7, 11) is 0. The quantitative estimate of drug-likeness (QED) is 0.710. The van der Waals surface area contributed by atoms with Crippen LogP contribution in [-0.4, -0.2) is 36.5 Å². The van der Waals surface area contributed by atoms with Crippen LogP contribution in [0.4, 0.5) is 0 Å². The number of nitrogens with zero attached hydrogens (tertiary/aromatic N) is 1. The predicted octanol–water partition coefficient (Wildman–Crippen LogP) is 4.26. The molecule has 0 radical (unpaired) electrons. The van der Waals surface area contributed by atoms with E-state index in [2.05, 4.69) is 47.5 Å². The van der Waals surface area contributed by atoms with Crippen LogP contribution < -0.4 is 10.1 Å². The Morgan fingerprint density at radius 2 is 1.89 bits per heavy atom. The number of hydrogen-bond acceptors (Lipinski definition) is 3. The monoisotopic (exact) mass is 366 g/mol. The van der Waals surface area contributed by atoms with Gasteiger partial charge in [-0.05, 0) is 43.0 Å². The summed E-state index contributed by atoms with van der Waals surface area (Å²) >= 11 is 0. The maximum atomic E-state index is 12.6. The molecule has 0 saturated carbocycles. The van der Waals surface area contributed by atoms with E-state index in [9.17, 15) is 4.79 Å². The first kappa shape index (κ1) is 19.4. The Labute approximate surface area is 162 Å². The molecule has 27 heavy (non-hydrogen) atoms. The summed E-state index contributed by atoms with van der Waals surface area (Å²) in [6.07, 6.45) is 4.11. The minimum atomic E-state index is -0.00236. The van der Waals surface area contributed by atoms with Gasteiger partial charge in [0.25, 0.3) is 5.91 Å². The highest BCUT2D eigenvalue weighted by Crippen LogP contribution is 2.17. The number of piperidine rings is 1. The molecule has 1 saturated heterocycles. The van der Waals surface area contributed by atoms with Crippen molar-refractivity contribution in [2.45, 2.75) is 45.2 Å². The second-order valence-electron chi connectivity index (χ2n) is 7.24. The van der Waals surface area contributed by atoms with E-state index < -0.39 is 0 Å². The second-order valence-corrected chi connectivity index (χ2v) is 7.24. The largest absolute Gasteiger partial charge is 0.494 e. The number of hydrogen-bond donors (Lipinski definition) is 1. The highest BCUT2D eigenvalue weighted by Gasteiger charge is 2.21. The summed E-state index contributed by atoms with van der Waals surface area (Å²) < 4.78 is 5.71. The Hall–Kier alpha value is -2.33. The number of benzene rings is 2. The topological polar surface area (TPSA) is 41.6 Å². The van der Waals surface area contributed by atoms with Crippen molar-refractivity contribution in [1.29, 1.82) is 0 Å². The third-order valence-electron chi connectivity index (χ3n) is 5.03. The van der Waals surface area contributed by atoms with Crippen molar-refractivity contribution in [1.82, 2.24) is 10.2 Å². The van der Waals surface area contributed by atoms with Crippen molar-refractivity contribution >= 4 is 5.91 Å². The smallest absolute Gasteiger partial charge is 0.251 e. The summed E-state index contributed by atoms with van der Waals surface area (Å²) in [5.41, 5.74) is 2.02. The van der Waals surface area contributed by atoms with E-state index in [4.69, 9.17) is 4.74 Å². The molecule has 1 fully saturated rings. The fourth-order valence-corrected chi connectivity index (χ4v) is 3.41. The lowest BCUT2D eigenvalue weighted by atomic mass is 10.0. The van der Waals surface area contributed by atoms with Crippen LogP contribution in [0.2, 0.25) is 0 Å². The lowest BCUT2D eigenvalue weighted by Crippen LogP contribution is -2.44. The van der Waals surface area contributed by atoms with Crippen LogP contribution in [-0.2, 0) is 6.54 Å². The third kappa shape index (κ3) is 6.10. The minimum absolute atomic E-state index is 0.00236. The van der Waals surface area contributed by atoms with Gasteiger partial charge in [0.05, 0.1) is 6.61 Å². The Kier molecular flexibility index (Phi) is 7.28. The molecule has 1 aliphatic heterocycles. The zero-order chi connectivity index (χ0) is 18.9. The molecule has 2 aromatic rings. The third-order valence-corrected chi connectivity index (χ3v) is 5.03. The molecular formula is C23H30N2O2. The Bertz CT molecular complexity index is 709. The molecule has 144 valence electrons. The number of nitrogens with one attached hydrogen (secondary N) is 1. The van der Waals surface area contributed by atoms with Gasteiger partial charge in [-0.15, -0.1) is 0 Å². The SMILES string of the molecule is CCCCOc1cccc(C(=O)NC2CCN(Cc3ccccc3)CC2)c1. The fraction of sp³-hybridized carbons (Fsp3) is 0.435. The number of carbonyl (C=O) groups is 1. The van der Waals surface area contributed by atoms with Gasteiger partial charge in [-0.3, -0.25) is 9.69 Å². The molecule has 0 unspecified atom stereocenters. The first-order valence-electron chi connectivity index (χ1n) is 10.0. The number of carbonyl (C=O) groups excluding carboxylic acids is 1. The van der Waals surface area contributed by atoms with Gasteiger partial charge in [-0.1, -0.05) is 49.7 Å². The van der Waals surface area contributed by atoms with Crippen LogP contribution in [0.15, 0.2) is 54.6 Å². The van der Waals surface area contributed by atoms with Crippen LogP contribution in [0.3, 0.4) is 0 Å². The molecule has 4 nitrogen and oxygen atoms in total. The minimum Gasteiger partial charge on any atom is -0.494 e. The van der Waals surface area contributed by atoms with Crippen LogP contribution in [0.5, 0.6) is 5.75 Å². The summed E-state index contributed by atoms with van der Waals surface area (Å²) in [6.45, 7) is 5.85. The highest BCUT2D eigenvalue weighted by atomic mass is 16.5. The van der Waals surface area contributed by atoms with Gasteiger partial charge in [0.15, 0.2) is 0 Å². The van der Waals surface area contributed by atoms with E-state index >= 15 is 0 Å². The Morgan fingerprint density at radius 3 is 2.63 bits per heavy atom. The molecule has 1 amide bonds. The van der Waals surface area contributed by atoms with Crippen molar-refractivity contribution < 1.29 is 9.53 Å². The molecule has 0 aromatic heterocycles. The second kappa shape index (κ2) is 10.1. The number of unbranched alkanes of at least 4 members (excludes halogenated alkanes) is 1. The zero-order valence-corrected chi connectivity index (χ0v) is 16.2. The van der Waals surface area contributed by atoms with Gasteiger partial charge in [0.2, 0.25) is 0 Å². The molecule has 2 aromatic carbocycles. The molecule has 4 heteroatoms. The lowest BCUT2D eigenvalue weighted by molar-refractivity contribution is 0.0908. The van der Waals surface area contributed by atoms with Gasteiger partial charge in [-0.25, -0.2) is 0 Å². The van der Waals surface area contributed by atoms with E-state index in [0.717, 1.165) is 51.1 Å². The standard InChI is InChI=1S/C23H30N2O2/c1-2-3-16-27-22-11-7-10-20(17-22)23(26)24-21-12-14-25(15-13-21)18-19-8-5-4-6-9-19/h4-11,17,21H,2-3,12-16,18H2,1H3,(H,24,26). The number of likely N-dealkylation sites (tertiary alicyclic amines) is 1. The number of amides is 1. The maximum absolute atomic E-state index is 12.6. The molecular weight excluding hydrogens is 336 g/mol. The molecule has 0 bridgehead atoms. The molecule has 0 aliphatic carbocycles. The van der Waals surface area contributed by atoms with Crippen molar-refractivity contribution in [2.75, 3.05) is 19.7 Å². The first-order chi connectivity index (χ1) is 13.2. The highest BCUT2D eigenvalue weighted by molar-refractivity contribution is 5.94. The van der Waals surface area contributed by atoms with Crippen LogP contribution in [0.1, 0.15) is 48.5 Å². The Morgan fingerprint density at radius 1 is 1.11 bits per heavy atom. The normalized spacial score (nSPS) is 15.4. The average Bonchev–Trinajstić information content (AvgIpc) is 2.71. The van der Waals surface area contributed by atoms with Crippen LogP contribution in [0.25, 0.3) is 0 Å².